The number of allylic oxidation sites excluding steroid dienone is 6. The van der Waals surface area contributed by atoms with Crippen molar-refractivity contribution in [2.45, 2.75) is 31.6 Å². The highest BCUT2D eigenvalue weighted by Gasteiger charge is 2.83. The molecule has 260 valence electrons. The monoisotopic (exact) mass is 692 g/mol. The van der Waals surface area contributed by atoms with Crippen LogP contribution in [0, 0.1) is 40.9 Å². The lowest BCUT2D eigenvalue weighted by molar-refractivity contribution is 0.0329. The van der Waals surface area contributed by atoms with Gasteiger partial charge in [0.25, 0.3) is 0 Å². The Labute approximate surface area is 319 Å². The minimum absolute atomic E-state index is 0.101. The zero-order valence-electron chi connectivity index (χ0n) is 31.0. The fourth-order valence-electron chi connectivity index (χ4n) is 13.1. The smallest absolute Gasteiger partial charge is 0.0102 e. The third kappa shape index (κ3) is 3.94. The maximum absolute atomic E-state index is 2.69. The Kier molecular flexibility index (Phi) is 6.33. The highest BCUT2D eigenvalue weighted by molar-refractivity contribution is 6.03. The minimum Gasteiger partial charge on any atom is -0.0844 e. The van der Waals surface area contributed by atoms with Gasteiger partial charge in [-0.1, -0.05) is 189 Å². The minimum atomic E-state index is 0.101. The lowest BCUT2D eigenvalue weighted by Crippen LogP contribution is -2.50. The summed E-state index contributed by atoms with van der Waals surface area (Å²) < 4.78 is 0. The molecule has 0 heteroatoms. The van der Waals surface area contributed by atoms with Crippen LogP contribution in [0.1, 0.15) is 37.3 Å². The van der Waals surface area contributed by atoms with Crippen molar-refractivity contribution in [2.75, 3.05) is 0 Å². The molecular weight excluding hydrogens is 649 g/mol. The normalized spacial score (nSPS) is 29.6. The van der Waals surface area contributed by atoms with Gasteiger partial charge >= 0.3 is 0 Å². The third-order valence-corrected chi connectivity index (χ3v) is 15.1. The maximum atomic E-state index is 2.69. The summed E-state index contributed by atoms with van der Waals surface area (Å²) in [6.45, 7) is 5.07. The van der Waals surface area contributed by atoms with Gasteiger partial charge in [0, 0.05) is 5.41 Å². The average molecular weight is 693 g/mol. The van der Waals surface area contributed by atoms with Crippen molar-refractivity contribution in [1.29, 1.82) is 0 Å². The van der Waals surface area contributed by atoms with Crippen LogP contribution >= 0.6 is 0 Å². The number of rotatable bonds is 3. The van der Waals surface area contributed by atoms with Crippen molar-refractivity contribution < 1.29 is 0 Å². The van der Waals surface area contributed by atoms with Gasteiger partial charge in [-0.2, -0.15) is 0 Å². The Morgan fingerprint density at radius 3 is 1.78 bits per heavy atom. The zero-order valence-corrected chi connectivity index (χ0v) is 31.0. The van der Waals surface area contributed by atoms with Crippen molar-refractivity contribution >= 4 is 0 Å². The first kappa shape index (κ1) is 30.9. The molecule has 3 fully saturated rings. The molecule has 8 unspecified atom stereocenters. The van der Waals surface area contributed by atoms with Gasteiger partial charge in [0.15, 0.2) is 0 Å². The molecule has 6 aliphatic rings. The van der Waals surface area contributed by atoms with E-state index in [4.69, 9.17) is 0 Å². The second-order valence-corrected chi connectivity index (χ2v) is 17.5. The number of benzene rings is 6. The molecule has 8 atom stereocenters. The third-order valence-electron chi connectivity index (χ3n) is 15.1. The fourth-order valence-corrected chi connectivity index (χ4v) is 13.1. The molecule has 12 rings (SSSR count). The van der Waals surface area contributed by atoms with E-state index in [0.29, 0.717) is 41.4 Å². The van der Waals surface area contributed by atoms with Gasteiger partial charge in [-0.25, -0.2) is 0 Å². The van der Waals surface area contributed by atoms with E-state index in [1.165, 1.54) is 67.6 Å². The van der Waals surface area contributed by atoms with Crippen LogP contribution in [0.3, 0.4) is 0 Å². The molecule has 0 heterocycles. The Hall–Kier alpha value is -5.46. The van der Waals surface area contributed by atoms with Crippen LogP contribution in [0.2, 0.25) is 0 Å². The SMILES string of the molecule is CC1(C)C2=CC=CCC2C2C1C=CC1C2C2(c3ccc4c(c3)-c3ccccc3-c3ccccc3-c3ccccc3-4)C(c3cccc(-c4ccccc4)c3)C12. The lowest BCUT2D eigenvalue weighted by Gasteiger charge is -2.53. The number of hydrogen-bond donors (Lipinski definition) is 0. The van der Waals surface area contributed by atoms with E-state index < -0.39 is 0 Å². The topological polar surface area (TPSA) is 0 Å². The van der Waals surface area contributed by atoms with Crippen LogP contribution in [0.5, 0.6) is 0 Å². The van der Waals surface area contributed by atoms with Crippen LogP contribution < -0.4 is 0 Å². The molecule has 54 heavy (non-hydrogen) atoms. The first-order valence-electron chi connectivity index (χ1n) is 20.2. The number of fused-ring (bicyclic) bond motifs is 16. The van der Waals surface area contributed by atoms with Crippen molar-refractivity contribution in [3.63, 3.8) is 0 Å². The largest absolute Gasteiger partial charge is 0.0844 e. The van der Waals surface area contributed by atoms with Gasteiger partial charge in [0.05, 0.1) is 0 Å². The van der Waals surface area contributed by atoms with E-state index in [1.807, 2.05) is 0 Å². The Morgan fingerprint density at radius 2 is 1.11 bits per heavy atom. The molecule has 0 bridgehead atoms. The molecular formula is C54H44. The van der Waals surface area contributed by atoms with Gasteiger partial charge < -0.3 is 0 Å². The molecule has 6 aromatic carbocycles. The summed E-state index contributed by atoms with van der Waals surface area (Å²) in [6, 6.07) is 55.6. The molecule has 0 aliphatic heterocycles. The van der Waals surface area contributed by atoms with Crippen molar-refractivity contribution in [3.8, 4) is 55.6 Å². The van der Waals surface area contributed by atoms with Crippen LogP contribution in [0.4, 0.5) is 0 Å². The molecule has 0 N–H and O–H groups in total. The lowest BCUT2D eigenvalue weighted by atomic mass is 9.50. The van der Waals surface area contributed by atoms with E-state index in [1.54, 1.807) is 11.1 Å². The van der Waals surface area contributed by atoms with Crippen LogP contribution in [0.15, 0.2) is 182 Å². The molecule has 0 aromatic heterocycles. The van der Waals surface area contributed by atoms with E-state index in [0.717, 1.165) is 0 Å². The van der Waals surface area contributed by atoms with E-state index >= 15 is 0 Å². The van der Waals surface area contributed by atoms with Crippen molar-refractivity contribution in [2.24, 2.45) is 40.9 Å². The summed E-state index contributed by atoms with van der Waals surface area (Å²) in [5.41, 5.74) is 18.3. The first-order valence-corrected chi connectivity index (χ1v) is 20.2. The van der Waals surface area contributed by atoms with Crippen molar-refractivity contribution in [3.05, 3.63) is 193 Å². The van der Waals surface area contributed by atoms with Gasteiger partial charge in [-0.15, -0.1) is 0 Å². The summed E-state index contributed by atoms with van der Waals surface area (Å²) in [5.74, 6) is 4.15. The quantitative estimate of drug-likeness (QED) is 0.162. The Morgan fingerprint density at radius 1 is 0.519 bits per heavy atom. The fraction of sp³-hybridized carbons (Fsp3) is 0.222. The standard InChI is InChI=1S/C54H44/c1-53(2)47-26-13-12-25-44(47)49-48(53)30-29-45-51(49)54(50(52(45)54)35-18-14-17-34(31-35)33-15-4-3-5-16-33)36-27-28-43-41-23-9-8-21-39(41)37-19-6-7-20-38(37)40-22-10-11-24-42(40)46(43)32-36/h3-24,26-32,44-45,48-52H,25H2,1-2H3. The van der Waals surface area contributed by atoms with Crippen LogP contribution in [-0.2, 0) is 5.41 Å². The number of hydrogen-bond acceptors (Lipinski definition) is 0. The summed E-state index contributed by atoms with van der Waals surface area (Å²) in [4.78, 5) is 0. The van der Waals surface area contributed by atoms with Gasteiger partial charge in [0.1, 0.15) is 0 Å². The maximum Gasteiger partial charge on any atom is 0.0102 e. The second-order valence-electron chi connectivity index (χ2n) is 17.5. The second kappa shape index (κ2) is 11.0. The molecule has 0 saturated heterocycles. The summed E-state index contributed by atoms with van der Waals surface area (Å²) >= 11 is 0. The molecule has 6 aromatic rings. The molecule has 0 spiro atoms. The van der Waals surface area contributed by atoms with E-state index in [-0.39, 0.29) is 10.8 Å². The molecule has 6 aliphatic carbocycles. The molecule has 0 amide bonds. The predicted octanol–water partition coefficient (Wildman–Crippen LogP) is 13.6. The molecule has 0 nitrogen and oxygen atoms in total. The Bertz CT molecular complexity index is 2610. The van der Waals surface area contributed by atoms with Gasteiger partial charge in [0.2, 0.25) is 0 Å². The summed E-state index contributed by atoms with van der Waals surface area (Å²) in [6.07, 6.45) is 13.8. The molecule has 3 saturated carbocycles. The van der Waals surface area contributed by atoms with Crippen LogP contribution in [-0.4, -0.2) is 0 Å². The first-order chi connectivity index (χ1) is 26.6. The van der Waals surface area contributed by atoms with E-state index in [2.05, 4.69) is 190 Å². The van der Waals surface area contributed by atoms with E-state index in [9.17, 15) is 0 Å². The van der Waals surface area contributed by atoms with Gasteiger partial charge in [-0.05, 0) is 126 Å². The Balaban J connectivity index is 1.08. The zero-order chi connectivity index (χ0) is 35.8. The predicted molar refractivity (Wildman–Crippen MR) is 224 cm³/mol. The highest BCUT2D eigenvalue weighted by atomic mass is 14.9. The highest BCUT2D eigenvalue weighted by Crippen LogP contribution is 2.87. The average Bonchev–Trinajstić information content (AvgIpc) is 3.77. The summed E-state index contributed by atoms with van der Waals surface area (Å²) in [7, 11) is 0. The summed E-state index contributed by atoms with van der Waals surface area (Å²) in [5, 5.41) is 0. The molecule has 0 radical (unpaired) electrons. The van der Waals surface area contributed by atoms with Crippen LogP contribution in [0.25, 0.3) is 55.6 Å². The van der Waals surface area contributed by atoms with Gasteiger partial charge in [-0.3, -0.25) is 0 Å². The van der Waals surface area contributed by atoms with Crippen molar-refractivity contribution in [1.82, 2.24) is 0 Å².